The molecule has 104 valence electrons. The van der Waals surface area contributed by atoms with E-state index in [2.05, 4.69) is 29.5 Å². The molecule has 0 aliphatic heterocycles. The fourth-order valence-electron chi connectivity index (χ4n) is 2.40. The minimum atomic E-state index is 0.760. The van der Waals surface area contributed by atoms with Crippen LogP contribution in [0.3, 0.4) is 0 Å². The van der Waals surface area contributed by atoms with Crippen molar-refractivity contribution in [1.82, 2.24) is 14.5 Å². The van der Waals surface area contributed by atoms with E-state index in [9.17, 15) is 0 Å². The van der Waals surface area contributed by atoms with Crippen molar-refractivity contribution in [2.75, 3.05) is 5.73 Å². The molecule has 0 bridgehead atoms. The molecule has 0 spiro atoms. The van der Waals surface area contributed by atoms with E-state index in [0.717, 1.165) is 46.9 Å². The Labute approximate surface area is 122 Å². The van der Waals surface area contributed by atoms with Gasteiger partial charge in [0.05, 0.1) is 17.6 Å². The van der Waals surface area contributed by atoms with Crippen molar-refractivity contribution in [2.45, 2.75) is 33.2 Å². The van der Waals surface area contributed by atoms with Crippen LogP contribution in [-0.2, 0) is 13.0 Å². The molecule has 20 heavy (non-hydrogen) atoms. The van der Waals surface area contributed by atoms with E-state index >= 15 is 0 Å². The van der Waals surface area contributed by atoms with Gasteiger partial charge in [0.15, 0.2) is 0 Å². The topological polar surface area (TPSA) is 56.7 Å². The number of aromatic nitrogens is 3. The summed E-state index contributed by atoms with van der Waals surface area (Å²) in [7, 11) is 0. The number of aryl methyl sites for hydroxylation is 2. The molecule has 3 aromatic rings. The van der Waals surface area contributed by atoms with Gasteiger partial charge in [0.25, 0.3) is 0 Å². The van der Waals surface area contributed by atoms with Gasteiger partial charge in [-0.2, -0.15) is 0 Å². The summed E-state index contributed by atoms with van der Waals surface area (Å²) in [6.07, 6.45) is 3.98. The maximum atomic E-state index is 5.85. The zero-order valence-corrected chi connectivity index (χ0v) is 12.6. The molecule has 0 aliphatic rings. The lowest BCUT2D eigenvalue weighted by atomic mass is 10.3. The van der Waals surface area contributed by atoms with Crippen molar-refractivity contribution < 1.29 is 0 Å². The quantitative estimate of drug-likeness (QED) is 0.748. The normalized spacial score (nSPS) is 11.3. The minimum Gasteiger partial charge on any atom is -0.399 e. The van der Waals surface area contributed by atoms with Gasteiger partial charge in [-0.15, -0.1) is 11.3 Å². The number of nitrogen functional groups attached to an aromatic ring is 1. The van der Waals surface area contributed by atoms with Crippen molar-refractivity contribution in [2.24, 2.45) is 0 Å². The molecule has 4 nitrogen and oxygen atoms in total. The van der Waals surface area contributed by atoms with Crippen LogP contribution in [0.4, 0.5) is 5.69 Å². The van der Waals surface area contributed by atoms with Crippen LogP contribution < -0.4 is 5.73 Å². The molecule has 0 unspecified atom stereocenters. The van der Waals surface area contributed by atoms with Gasteiger partial charge < -0.3 is 10.3 Å². The van der Waals surface area contributed by atoms with E-state index in [-0.39, 0.29) is 0 Å². The highest BCUT2D eigenvalue weighted by atomic mass is 32.1. The zero-order valence-electron chi connectivity index (χ0n) is 11.8. The van der Waals surface area contributed by atoms with Gasteiger partial charge in [-0.3, -0.25) is 0 Å². The first-order valence-corrected chi connectivity index (χ1v) is 7.65. The molecular weight excluding hydrogens is 268 g/mol. The van der Waals surface area contributed by atoms with Crippen LogP contribution in [0.15, 0.2) is 24.4 Å². The van der Waals surface area contributed by atoms with Crippen LogP contribution in [-0.4, -0.2) is 14.5 Å². The minimum absolute atomic E-state index is 0.760. The fourth-order valence-corrected chi connectivity index (χ4v) is 3.17. The molecule has 2 N–H and O–H groups in total. The van der Waals surface area contributed by atoms with Crippen LogP contribution in [0.5, 0.6) is 0 Å². The summed E-state index contributed by atoms with van der Waals surface area (Å²) in [5, 5.41) is 1.12. The third-order valence-corrected chi connectivity index (χ3v) is 4.18. The fraction of sp³-hybridized carbons (Fsp3) is 0.333. The summed E-state index contributed by atoms with van der Waals surface area (Å²) >= 11 is 1.74. The van der Waals surface area contributed by atoms with E-state index in [1.54, 1.807) is 11.3 Å². The highest BCUT2D eigenvalue weighted by molar-refractivity contribution is 7.11. The molecule has 0 fully saturated rings. The number of nitrogens with zero attached hydrogens (tertiary/aromatic N) is 3. The molecule has 0 saturated carbocycles. The van der Waals surface area contributed by atoms with Gasteiger partial charge >= 0.3 is 0 Å². The van der Waals surface area contributed by atoms with Crippen molar-refractivity contribution in [3.63, 3.8) is 0 Å². The maximum absolute atomic E-state index is 5.85. The van der Waals surface area contributed by atoms with Crippen LogP contribution in [0.25, 0.3) is 11.0 Å². The number of benzene rings is 1. The summed E-state index contributed by atoms with van der Waals surface area (Å²) in [6, 6.07) is 5.93. The van der Waals surface area contributed by atoms with Gasteiger partial charge in [0.2, 0.25) is 0 Å². The predicted molar refractivity (Wildman–Crippen MR) is 84.1 cm³/mol. The third kappa shape index (κ3) is 2.41. The monoisotopic (exact) mass is 286 g/mol. The molecule has 5 heteroatoms. The average molecular weight is 286 g/mol. The molecule has 2 aromatic heterocycles. The van der Waals surface area contributed by atoms with E-state index in [1.807, 2.05) is 18.3 Å². The van der Waals surface area contributed by atoms with Crippen molar-refractivity contribution in [3.8, 4) is 0 Å². The van der Waals surface area contributed by atoms with Gasteiger partial charge in [0, 0.05) is 23.2 Å². The number of nitrogens with two attached hydrogens (primary N) is 1. The Bertz CT molecular complexity index is 741. The second-order valence-corrected chi connectivity index (χ2v) is 6.30. The smallest absolute Gasteiger partial charge is 0.113 e. The third-order valence-electron chi connectivity index (χ3n) is 3.29. The van der Waals surface area contributed by atoms with Gasteiger partial charge in [0.1, 0.15) is 10.8 Å². The summed E-state index contributed by atoms with van der Waals surface area (Å²) < 4.78 is 2.26. The lowest BCUT2D eigenvalue weighted by Gasteiger charge is -2.06. The molecule has 2 heterocycles. The molecule has 3 rings (SSSR count). The first-order valence-electron chi connectivity index (χ1n) is 6.83. The molecule has 0 amide bonds. The Balaban J connectivity index is 2.08. The SMILES string of the molecule is CCCc1nc2cc(N)ccc2n1Cc1ncc(C)s1. The van der Waals surface area contributed by atoms with Crippen molar-refractivity contribution >= 4 is 28.1 Å². The molecule has 0 atom stereocenters. The Morgan fingerprint density at radius 3 is 2.90 bits per heavy atom. The zero-order chi connectivity index (χ0) is 14.1. The summed E-state index contributed by atoms with van der Waals surface area (Å²) in [5.74, 6) is 1.11. The van der Waals surface area contributed by atoms with Crippen molar-refractivity contribution in [3.05, 3.63) is 40.1 Å². The van der Waals surface area contributed by atoms with Crippen LogP contribution >= 0.6 is 11.3 Å². The van der Waals surface area contributed by atoms with E-state index in [0.29, 0.717) is 0 Å². The second kappa shape index (κ2) is 5.25. The van der Waals surface area contributed by atoms with Gasteiger partial charge in [-0.25, -0.2) is 9.97 Å². The lowest BCUT2D eigenvalue weighted by molar-refractivity contribution is 0.719. The van der Waals surface area contributed by atoms with Crippen LogP contribution in [0.1, 0.15) is 29.1 Å². The van der Waals surface area contributed by atoms with E-state index in [4.69, 9.17) is 10.7 Å². The Kier molecular flexibility index (Phi) is 3.44. The van der Waals surface area contributed by atoms with Gasteiger partial charge in [-0.05, 0) is 31.5 Å². The Morgan fingerprint density at radius 1 is 1.35 bits per heavy atom. The number of fused-ring (bicyclic) bond motifs is 1. The number of thiazole rings is 1. The highest BCUT2D eigenvalue weighted by Crippen LogP contribution is 2.22. The summed E-state index contributed by atoms with van der Waals surface area (Å²) in [5.41, 5.74) is 8.72. The molecule has 1 aromatic carbocycles. The first kappa shape index (κ1) is 13.1. The number of hydrogen-bond donors (Lipinski definition) is 1. The Hall–Kier alpha value is -1.88. The molecule has 0 radical (unpaired) electrons. The van der Waals surface area contributed by atoms with Crippen LogP contribution in [0.2, 0.25) is 0 Å². The molecule has 0 saturated heterocycles. The number of anilines is 1. The second-order valence-electron chi connectivity index (χ2n) is 4.98. The molecule has 0 aliphatic carbocycles. The van der Waals surface area contributed by atoms with E-state index < -0.39 is 0 Å². The van der Waals surface area contributed by atoms with Crippen LogP contribution in [0, 0.1) is 6.92 Å². The predicted octanol–water partition coefficient (Wildman–Crippen LogP) is 3.38. The number of imidazole rings is 1. The first-order chi connectivity index (χ1) is 9.67. The molecular formula is C15H18N4S. The maximum Gasteiger partial charge on any atom is 0.113 e. The summed E-state index contributed by atoms with van der Waals surface area (Å²) in [6.45, 7) is 5.04. The standard InChI is InChI=1S/C15H18N4S/c1-3-4-14-18-12-7-11(16)5-6-13(12)19(14)9-15-17-8-10(2)20-15/h5-8H,3-4,9,16H2,1-2H3. The largest absolute Gasteiger partial charge is 0.399 e. The highest BCUT2D eigenvalue weighted by Gasteiger charge is 2.12. The average Bonchev–Trinajstić information content (AvgIpc) is 2.95. The van der Waals surface area contributed by atoms with E-state index in [1.165, 1.54) is 4.88 Å². The summed E-state index contributed by atoms with van der Waals surface area (Å²) in [4.78, 5) is 10.4. The lowest BCUT2D eigenvalue weighted by Crippen LogP contribution is -2.04. The Morgan fingerprint density at radius 2 is 2.20 bits per heavy atom. The van der Waals surface area contributed by atoms with Crippen molar-refractivity contribution in [1.29, 1.82) is 0 Å². The van der Waals surface area contributed by atoms with Gasteiger partial charge in [-0.1, -0.05) is 6.92 Å². The number of hydrogen-bond acceptors (Lipinski definition) is 4. The number of rotatable bonds is 4.